The summed E-state index contributed by atoms with van der Waals surface area (Å²) in [6.07, 6.45) is 2.03. The number of nitrogens with two attached hydrogens (primary N) is 1. The van der Waals surface area contributed by atoms with E-state index in [1.165, 1.54) is 11.3 Å². The van der Waals surface area contributed by atoms with Crippen molar-refractivity contribution in [2.45, 2.75) is 26.0 Å². The number of benzene rings is 1. The van der Waals surface area contributed by atoms with E-state index in [0.29, 0.717) is 35.6 Å². The molecule has 2 aromatic rings. The van der Waals surface area contributed by atoms with Gasteiger partial charge in [-0.1, -0.05) is 17.7 Å². The van der Waals surface area contributed by atoms with Gasteiger partial charge >= 0.3 is 5.97 Å². The Hall–Kier alpha value is -1.83. The largest absolute Gasteiger partial charge is 0.493 e. The molecule has 0 saturated carbocycles. The summed E-state index contributed by atoms with van der Waals surface area (Å²) in [5.74, 6) is 0.744. The molecule has 2 rings (SSSR count). The number of methoxy groups -OCH3 is 1. The summed E-state index contributed by atoms with van der Waals surface area (Å²) in [6.45, 7) is 2.41. The number of carbonyl (C=O) groups excluding carboxylic acids is 1. The third-order valence-corrected chi connectivity index (χ3v) is 4.26. The molecule has 8 heteroatoms. The molecule has 0 aliphatic heterocycles. The first-order valence-electron chi connectivity index (χ1n) is 7.35. The third-order valence-electron chi connectivity index (χ3n) is 3.17. The van der Waals surface area contributed by atoms with Gasteiger partial charge in [-0.05, 0) is 31.0 Å². The van der Waals surface area contributed by atoms with Crippen molar-refractivity contribution in [2.75, 3.05) is 13.7 Å². The first-order valence-corrected chi connectivity index (χ1v) is 8.55. The van der Waals surface area contributed by atoms with E-state index in [1.54, 1.807) is 32.4 Å². The Kier molecular flexibility index (Phi) is 6.84. The molecule has 1 aromatic carbocycles. The highest BCUT2D eigenvalue weighted by Crippen LogP contribution is 2.30. The van der Waals surface area contributed by atoms with Crippen molar-refractivity contribution in [3.63, 3.8) is 0 Å². The van der Waals surface area contributed by atoms with Crippen molar-refractivity contribution in [1.29, 1.82) is 0 Å². The maximum atomic E-state index is 11.6. The van der Waals surface area contributed by atoms with Crippen molar-refractivity contribution in [3.05, 3.63) is 39.3 Å². The molecule has 0 bridgehead atoms. The highest BCUT2D eigenvalue weighted by atomic mass is 35.5. The smallest absolute Gasteiger partial charge is 0.323 e. The molecule has 0 radical (unpaired) electrons. The fraction of sp³-hybridized carbons (Fsp3) is 0.375. The van der Waals surface area contributed by atoms with Gasteiger partial charge in [0.25, 0.3) is 0 Å². The van der Waals surface area contributed by atoms with Crippen molar-refractivity contribution in [1.82, 2.24) is 4.98 Å². The van der Waals surface area contributed by atoms with E-state index >= 15 is 0 Å². The van der Waals surface area contributed by atoms with Crippen LogP contribution in [-0.2, 0) is 22.6 Å². The number of hydrogen-bond acceptors (Lipinski definition) is 7. The zero-order valence-corrected chi connectivity index (χ0v) is 15.0. The maximum Gasteiger partial charge on any atom is 0.323 e. The molecule has 0 spiro atoms. The van der Waals surface area contributed by atoms with Crippen LogP contribution >= 0.6 is 22.9 Å². The summed E-state index contributed by atoms with van der Waals surface area (Å²) in [7, 11) is 1.56. The van der Waals surface area contributed by atoms with Crippen LogP contribution in [-0.4, -0.2) is 30.7 Å². The molecule has 0 aliphatic carbocycles. The van der Waals surface area contributed by atoms with Gasteiger partial charge in [-0.2, -0.15) is 0 Å². The second-order valence-electron chi connectivity index (χ2n) is 4.92. The zero-order chi connectivity index (χ0) is 17.5. The van der Waals surface area contributed by atoms with E-state index in [9.17, 15) is 4.79 Å². The van der Waals surface area contributed by atoms with Crippen LogP contribution in [0.15, 0.2) is 24.4 Å². The fourth-order valence-electron chi connectivity index (χ4n) is 2.04. The van der Waals surface area contributed by atoms with Gasteiger partial charge < -0.3 is 19.9 Å². The molecule has 24 heavy (non-hydrogen) atoms. The number of nitrogens with zero attached hydrogens (tertiary/aromatic N) is 1. The average Bonchev–Trinajstić information content (AvgIpc) is 2.99. The molecule has 1 unspecified atom stereocenters. The normalized spacial score (nSPS) is 11.8. The minimum atomic E-state index is -0.708. The fourth-order valence-corrected chi connectivity index (χ4v) is 2.94. The molecule has 1 aromatic heterocycles. The quantitative estimate of drug-likeness (QED) is 0.719. The number of rotatable bonds is 8. The zero-order valence-electron chi connectivity index (χ0n) is 13.5. The van der Waals surface area contributed by atoms with Crippen LogP contribution < -0.4 is 15.2 Å². The van der Waals surface area contributed by atoms with Crippen LogP contribution in [0.5, 0.6) is 11.5 Å². The van der Waals surface area contributed by atoms with Gasteiger partial charge in [0.05, 0.1) is 18.6 Å². The standard InChI is InChI=1S/C16H19ClN2O4S/c1-3-22-15(20)12(18)6-10-4-5-13(14(7-10)21-2)23-9-11-8-19-16(17)24-11/h4-5,7-8,12H,3,6,9,18H2,1-2H3. The predicted octanol–water partition coefficient (Wildman–Crippen LogP) is 2.82. The number of carbonyl (C=O) groups is 1. The summed E-state index contributed by atoms with van der Waals surface area (Å²) >= 11 is 7.16. The minimum Gasteiger partial charge on any atom is -0.493 e. The Balaban J connectivity index is 2.02. The van der Waals surface area contributed by atoms with Gasteiger partial charge in [-0.25, -0.2) is 4.98 Å². The van der Waals surface area contributed by atoms with Crippen molar-refractivity contribution in [2.24, 2.45) is 5.73 Å². The van der Waals surface area contributed by atoms with E-state index in [-0.39, 0.29) is 0 Å². The molecular formula is C16H19ClN2O4S. The lowest BCUT2D eigenvalue weighted by molar-refractivity contribution is -0.144. The summed E-state index contributed by atoms with van der Waals surface area (Å²) in [5.41, 5.74) is 6.70. The Morgan fingerprint density at radius 2 is 2.21 bits per heavy atom. The van der Waals surface area contributed by atoms with Crippen molar-refractivity contribution < 1.29 is 19.0 Å². The summed E-state index contributed by atoms with van der Waals surface area (Å²) in [5, 5.41) is 0. The topological polar surface area (TPSA) is 83.7 Å². The minimum absolute atomic E-state index is 0.310. The highest BCUT2D eigenvalue weighted by Gasteiger charge is 2.16. The number of halogens is 1. The Bertz CT molecular complexity index is 692. The number of aromatic nitrogens is 1. The lowest BCUT2D eigenvalue weighted by atomic mass is 10.1. The van der Waals surface area contributed by atoms with Gasteiger partial charge in [0.2, 0.25) is 0 Å². The van der Waals surface area contributed by atoms with Crippen molar-refractivity contribution >= 4 is 28.9 Å². The third kappa shape index (κ3) is 5.09. The lowest BCUT2D eigenvalue weighted by Gasteiger charge is -2.14. The van der Waals surface area contributed by atoms with Gasteiger partial charge in [0, 0.05) is 6.20 Å². The second kappa shape index (κ2) is 8.86. The molecule has 0 saturated heterocycles. The Labute approximate surface area is 149 Å². The van der Waals surface area contributed by atoms with Crippen LogP contribution in [0.3, 0.4) is 0 Å². The maximum absolute atomic E-state index is 11.6. The highest BCUT2D eigenvalue weighted by molar-refractivity contribution is 7.15. The number of esters is 1. The Morgan fingerprint density at radius 3 is 2.83 bits per heavy atom. The van der Waals surface area contributed by atoms with E-state index in [4.69, 9.17) is 31.5 Å². The van der Waals surface area contributed by atoms with Crippen LogP contribution in [0.2, 0.25) is 4.47 Å². The lowest BCUT2D eigenvalue weighted by Crippen LogP contribution is -2.34. The second-order valence-corrected chi connectivity index (χ2v) is 6.61. The Morgan fingerprint density at radius 1 is 1.42 bits per heavy atom. The van der Waals surface area contributed by atoms with E-state index in [1.807, 2.05) is 6.07 Å². The monoisotopic (exact) mass is 370 g/mol. The van der Waals surface area contributed by atoms with E-state index in [2.05, 4.69) is 4.98 Å². The van der Waals surface area contributed by atoms with Gasteiger partial charge in [0.1, 0.15) is 12.6 Å². The number of thiazole rings is 1. The average molecular weight is 371 g/mol. The van der Waals surface area contributed by atoms with Gasteiger partial charge in [0.15, 0.2) is 16.0 Å². The number of ether oxygens (including phenoxy) is 3. The van der Waals surface area contributed by atoms with Crippen LogP contribution in [0.4, 0.5) is 0 Å². The molecule has 1 atom stereocenters. The van der Waals surface area contributed by atoms with Crippen LogP contribution in [0.25, 0.3) is 0 Å². The predicted molar refractivity (Wildman–Crippen MR) is 92.8 cm³/mol. The van der Waals surface area contributed by atoms with E-state index < -0.39 is 12.0 Å². The molecule has 130 valence electrons. The van der Waals surface area contributed by atoms with Crippen LogP contribution in [0.1, 0.15) is 17.4 Å². The van der Waals surface area contributed by atoms with E-state index in [0.717, 1.165) is 10.4 Å². The summed E-state index contributed by atoms with van der Waals surface area (Å²) in [4.78, 5) is 16.5. The first-order chi connectivity index (χ1) is 11.5. The summed E-state index contributed by atoms with van der Waals surface area (Å²) in [6, 6.07) is 4.72. The van der Waals surface area contributed by atoms with Crippen molar-refractivity contribution in [3.8, 4) is 11.5 Å². The molecule has 6 nitrogen and oxygen atoms in total. The molecule has 0 aliphatic rings. The van der Waals surface area contributed by atoms with Gasteiger partial charge in [-0.3, -0.25) is 4.79 Å². The number of hydrogen-bond donors (Lipinski definition) is 1. The van der Waals surface area contributed by atoms with Crippen LogP contribution in [0, 0.1) is 0 Å². The SMILES string of the molecule is CCOC(=O)C(N)Cc1ccc(OCc2cnc(Cl)s2)c(OC)c1. The molecule has 1 heterocycles. The molecular weight excluding hydrogens is 352 g/mol. The molecule has 0 fully saturated rings. The summed E-state index contributed by atoms with van der Waals surface area (Å²) < 4.78 is 16.5. The van der Waals surface area contributed by atoms with Gasteiger partial charge in [-0.15, -0.1) is 11.3 Å². The molecule has 2 N–H and O–H groups in total. The first kappa shape index (κ1) is 18.5. The molecule has 0 amide bonds.